The molecule has 0 spiro atoms. The highest BCUT2D eigenvalue weighted by molar-refractivity contribution is 9.10. The SMILES string of the molecule is O=C(CSc1ncn[nH]1)Nc1ccc([N+](=O)[O-])cc1Br.[Cl-]. The molecular weight excluding hydrogens is 386 g/mol. The predicted octanol–water partition coefficient (Wildman–Crippen LogP) is -0.790. The third kappa shape index (κ3) is 4.99. The van der Waals surface area contributed by atoms with Crippen LogP contribution in [-0.4, -0.2) is 31.8 Å². The summed E-state index contributed by atoms with van der Waals surface area (Å²) in [7, 11) is 0. The summed E-state index contributed by atoms with van der Waals surface area (Å²) < 4.78 is 0.449. The van der Waals surface area contributed by atoms with E-state index >= 15 is 0 Å². The van der Waals surface area contributed by atoms with Gasteiger partial charge in [-0.2, -0.15) is 5.10 Å². The van der Waals surface area contributed by atoms with Crippen LogP contribution in [0.4, 0.5) is 11.4 Å². The molecular formula is C10H8BrClN5O3S-. The first-order valence-corrected chi connectivity index (χ1v) is 7.06. The lowest BCUT2D eigenvalue weighted by Gasteiger charge is -2.06. The van der Waals surface area contributed by atoms with E-state index in [1.807, 2.05) is 0 Å². The second kappa shape index (κ2) is 7.96. The van der Waals surface area contributed by atoms with Crippen molar-refractivity contribution in [3.05, 3.63) is 39.1 Å². The van der Waals surface area contributed by atoms with E-state index in [1.165, 1.54) is 36.3 Å². The third-order valence-corrected chi connectivity index (χ3v) is 3.70. The standard InChI is InChI=1S/C10H8BrN5O3S.ClH/c11-7-3-6(16(18)19)1-2-8(7)14-9(17)4-20-10-12-5-13-15-10;/h1-3,5H,4H2,(H,14,17)(H,12,13,15);1H/p-1. The minimum atomic E-state index is -0.504. The molecule has 0 unspecified atom stereocenters. The Labute approximate surface area is 137 Å². The topological polar surface area (TPSA) is 114 Å². The molecule has 1 aromatic carbocycles. The van der Waals surface area contributed by atoms with Crippen LogP contribution >= 0.6 is 27.7 Å². The van der Waals surface area contributed by atoms with Crippen molar-refractivity contribution in [3.8, 4) is 0 Å². The summed E-state index contributed by atoms with van der Waals surface area (Å²) >= 11 is 4.38. The number of H-pyrrole nitrogens is 1. The van der Waals surface area contributed by atoms with Crippen molar-refractivity contribution in [2.24, 2.45) is 0 Å². The number of anilines is 1. The lowest BCUT2D eigenvalue weighted by Crippen LogP contribution is -3.00. The summed E-state index contributed by atoms with van der Waals surface area (Å²) in [4.78, 5) is 25.7. The van der Waals surface area contributed by atoms with Crippen LogP contribution in [0.25, 0.3) is 0 Å². The molecule has 1 amide bonds. The maximum atomic E-state index is 11.7. The Morgan fingerprint density at radius 2 is 2.29 bits per heavy atom. The number of benzene rings is 1. The number of nitrogens with zero attached hydrogens (tertiary/aromatic N) is 3. The van der Waals surface area contributed by atoms with Gasteiger partial charge in [0.1, 0.15) is 6.33 Å². The molecule has 0 saturated heterocycles. The molecule has 0 atom stereocenters. The van der Waals surface area contributed by atoms with E-state index in [2.05, 4.69) is 36.4 Å². The molecule has 0 saturated carbocycles. The van der Waals surface area contributed by atoms with E-state index in [9.17, 15) is 14.9 Å². The van der Waals surface area contributed by atoms with Gasteiger partial charge in [0, 0.05) is 16.6 Å². The minimum absolute atomic E-state index is 0. The number of thioether (sulfide) groups is 1. The first kappa shape index (κ1) is 17.4. The minimum Gasteiger partial charge on any atom is -1.00 e. The van der Waals surface area contributed by atoms with E-state index in [4.69, 9.17) is 0 Å². The Bertz CT molecular complexity index is 640. The molecule has 1 aromatic heterocycles. The van der Waals surface area contributed by atoms with Crippen molar-refractivity contribution in [3.63, 3.8) is 0 Å². The zero-order valence-electron chi connectivity index (χ0n) is 10.2. The van der Waals surface area contributed by atoms with Gasteiger partial charge in [-0.1, -0.05) is 11.8 Å². The van der Waals surface area contributed by atoms with Gasteiger partial charge in [0.25, 0.3) is 5.69 Å². The molecule has 0 aliphatic rings. The number of carbonyl (C=O) groups excluding carboxylic acids is 1. The largest absolute Gasteiger partial charge is 1.00 e. The zero-order valence-corrected chi connectivity index (χ0v) is 13.4. The Morgan fingerprint density at radius 3 is 2.86 bits per heavy atom. The molecule has 2 N–H and O–H groups in total. The van der Waals surface area contributed by atoms with Crippen LogP contribution < -0.4 is 17.7 Å². The normalized spacial score (nSPS) is 9.76. The first-order valence-electron chi connectivity index (χ1n) is 5.28. The number of nitrogens with one attached hydrogen (secondary N) is 2. The molecule has 21 heavy (non-hydrogen) atoms. The number of nitro benzene ring substituents is 1. The average Bonchev–Trinajstić information content (AvgIpc) is 2.91. The Kier molecular flexibility index (Phi) is 6.59. The molecule has 0 radical (unpaired) electrons. The van der Waals surface area contributed by atoms with Crippen molar-refractivity contribution >= 4 is 45.0 Å². The van der Waals surface area contributed by atoms with Crippen LogP contribution in [0.15, 0.2) is 34.2 Å². The number of amides is 1. The lowest BCUT2D eigenvalue weighted by atomic mass is 10.3. The summed E-state index contributed by atoms with van der Waals surface area (Å²) in [6, 6.07) is 4.13. The molecule has 112 valence electrons. The molecule has 1 heterocycles. The van der Waals surface area contributed by atoms with Gasteiger partial charge < -0.3 is 17.7 Å². The van der Waals surface area contributed by atoms with E-state index in [0.29, 0.717) is 15.3 Å². The maximum absolute atomic E-state index is 11.7. The van der Waals surface area contributed by atoms with Crippen molar-refractivity contribution in [2.45, 2.75) is 5.16 Å². The van der Waals surface area contributed by atoms with Crippen molar-refractivity contribution in [1.29, 1.82) is 0 Å². The Morgan fingerprint density at radius 1 is 1.52 bits per heavy atom. The van der Waals surface area contributed by atoms with Gasteiger partial charge in [-0.05, 0) is 22.0 Å². The summed E-state index contributed by atoms with van der Waals surface area (Å²) in [6.45, 7) is 0. The second-order valence-electron chi connectivity index (χ2n) is 3.55. The number of aromatic amines is 1. The van der Waals surface area contributed by atoms with Crippen LogP contribution in [0.3, 0.4) is 0 Å². The first-order chi connectivity index (χ1) is 9.56. The number of aromatic nitrogens is 3. The molecule has 2 rings (SSSR count). The monoisotopic (exact) mass is 392 g/mol. The average molecular weight is 394 g/mol. The predicted molar refractivity (Wildman–Crippen MR) is 76.5 cm³/mol. The van der Waals surface area contributed by atoms with E-state index < -0.39 is 4.92 Å². The van der Waals surface area contributed by atoms with Gasteiger partial charge >= 0.3 is 0 Å². The molecule has 11 heteroatoms. The highest BCUT2D eigenvalue weighted by Gasteiger charge is 2.11. The van der Waals surface area contributed by atoms with E-state index in [1.54, 1.807) is 0 Å². The van der Waals surface area contributed by atoms with E-state index in [0.717, 1.165) is 0 Å². The van der Waals surface area contributed by atoms with Gasteiger partial charge in [0.05, 0.1) is 16.4 Å². The molecule has 0 fully saturated rings. The van der Waals surface area contributed by atoms with Crippen LogP contribution in [0.2, 0.25) is 0 Å². The van der Waals surface area contributed by atoms with Crippen molar-refractivity contribution < 1.29 is 22.1 Å². The van der Waals surface area contributed by atoms with Gasteiger partial charge in [-0.15, -0.1) is 0 Å². The van der Waals surface area contributed by atoms with Crippen LogP contribution in [-0.2, 0) is 4.79 Å². The molecule has 0 bridgehead atoms. The fourth-order valence-corrected chi connectivity index (χ4v) is 2.35. The fourth-order valence-electron chi connectivity index (χ4n) is 1.30. The van der Waals surface area contributed by atoms with Gasteiger partial charge in [-0.3, -0.25) is 20.0 Å². The maximum Gasteiger partial charge on any atom is 0.270 e. The quantitative estimate of drug-likeness (QED) is 0.391. The summed E-state index contributed by atoms with van der Waals surface area (Å²) in [5.41, 5.74) is 0.421. The van der Waals surface area contributed by atoms with Crippen molar-refractivity contribution in [2.75, 3.05) is 11.1 Å². The number of halogens is 2. The number of rotatable bonds is 5. The number of hydrogen-bond donors (Lipinski definition) is 2. The highest BCUT2D eigenvalue weighted by Crippen LogP contribution is 2.27. The Balaban J connectivity index is 0.00000220. The summed E-state index contributed by atoms with van der Waals surface area (Å²) in [6.07, 6.45) is 1.35. The second-order valence-corrected chi connectivity index (χ2v) is 5.37. The number of hydrogen-bond acceptors (Lipinski definition) is 6. The number of carbonyl (C=O) groups is 1. The summed E-state index contributed by atoms with van der Waals surface area (Å²) in [5.74, 6) is -0.0977. The van der Waals surface area contributed by atoms with Crippen LogP contribution in [0.1, 0.15) is 0 Å². The van der Waals surface area contributed by atoms with Crippen LogP contribution in [0, 0.1) is 10.1 Å². The summed E-state index contributed by atoms with van der Waals surface area (Å²) in [5, 5.41) is 20.1. The fraction of sp³-hybridized carbons (Fsp3) is 0.100. The molecule has 8 nitrogen and oxygen atoms in total. The number of non-ortho nitro benzene ring substituents is 1. The third-order valence-electron chi connectivity index (χ3n) is 2.17. The van der Waals surface area contributed by atoms with Gasteiger partial charge in [-0.25, -0.2) is 4.98 Å². The molecule has 0 aliphatic heterocycles. The van der Waals surface area contributed by atoms with Crippen molar-refractivity contribution in [1.82, 2.24) is 15.2 Å². The smallest absolute Gasteiger partial charge is 0.270 e. The lowest BCUT2D eigenvalue weighted by molar-refractivity contribution is -0.384. The molecule has 2 aromatic rings. The van der Waals surface area contributed by atoms with E-state index in [-0.39, 0.29) is 29.8 Å². The highest BCUT2D eigenvalue weighted by atomic mass is 79.9. The zero-order chi connectivity index (χ0) is 14.5. The number of nitro groups is 1. The Hall–Kier alpha value is -1.65. The van der Waals surface area contributed by atoms with Crippen LogP contribution in [0.5, 0.6) is 0 Å². The van der Waals surface area contributed by atoms with Gasteiger partial charge in [0.15, 0.2) is 5.16 Å². The van der Waals surface area contributed by atoms with Gasteiger partial charge in [0.2, 0.25) is 5.91 Å². The molecule has 0 aliphatic carbocycles.